The summed E-state index contributed by atoms with van der Waals surface area (Å²) in [6, 6.07) is 0. The number of hydrogen-bond donors (Lipinski definition) is 1. The lowest BCUT2D eigenvalue weighted by atomic mass is 9.94. The van der Waals surface area contributed by atoms with Crippen molar-refractivity contribution in [3.63, 3.8) is 0 Å². The van der Waals surface area contributed by atoms with Gasteiger partial charge in [-0.05, 0) is 63.5 Å². The SMILES string of the molecule is CN1CCC(C(=O)N2CCc3c(sc4ncnc(Cl)c34)C2)CC1.Clc1ncnc2sc3c(c12)CCNC3. The molecule has 0 spiro atoms. The zero-order valence-corrected chi connectivity index (χ0v) is 23.6. The van der Waals surface area contributed by atoms with Crippen molar-refractivity contribution < 1.29 is 4.79 Å². The molecule has 194 valence electrons. The molecule has 1 amide bonds. The molecule has 37 heavy (non-hydrogen) atoms. The molecule has 1 fully saturated rings. The Morgan fingerprint density at radius 2 is 1.54 bits per heavy atom. The van der Waals surface area contributed by atoms with E-state index in [-0.39, 0.29) is 5.92 Å². The molecular formula is C25H27Cl2N7OS2. The third-order valence-electron chi connectivity index (χ3n) is 7.43. The van der Waals surface area contributed by atoms with Gasteiger partial charge in [0.2, 0.25) is 5.91 Å². The number of carbonyl (C=O) groups is 1. The van der Waals surface area contributed by atoms with Gasteiger partial charge in [-0.3, -0.25) is 4.79 Å². The van der Waals surface area contributed by atoms with E-state index in [0.717, 1.165) is 78.8 Å². The molecule has 0 radical (unpaired) electrons. The number of aromatic nitrogens is 4. The summed E-state index contributed by atoms with van der Waals surface area (Å²) in [4.78, 5) is 38.3. The molecule has 0 unspecified atom stereocenters. The van der Waals surface area contributed by atoms with E-state index in [2.05, 4.69) is 37.2 Å². The number of hydrogen-bond acceptors (Lipinski definition) is 9. The second kappa shape index (κ2) is 10.7. The molecule has 4 aromatic rings. The third kappa shape index (κ3) is 4.95. The van der Waals surface area contributed by atoms with Gasteiger partial charge in [0.1, 0.15) is 32.6 Å². The molecule has 0 atom stereocenters. The number of amides is 1. The lowest BCUT2D eigenvalue weighted by Crippen LogP contribution is -2.43. The molecule has 1 saturated heterocycles. The van der Waals surface area contributed by atoms with Gasteiger partial charge in [0.05, 0.1) is 17.3 Å². The average Bonchev–Trinajstić information content (AvgIpc) is 3.48. The number of halogens is 2. The van der Waals surface area contributed by atoms with Crippen molar-refractivity contribution in [3.8, 4) is 0 Å². The van der Waals surface area contributed by atoms with Gasteiger partial charge in [-0.15, -0.1) is 22.7 Å². The molecule has 0 saturated carbocycles. The molecule has 7 heterocycles. The highest BCUT2D eigenvalue weighted by molar-refractivity contribution is 7.19. The molecule has 0 aromatic carbocycles. The summed E-state index contributed by atoms with van der Waals surface area (Å²) >= 11 is 15.7. The van der Waals surface area contributed by atoms with Crippen LogP contribution in [0, 0.1) is 5.92 Å². The van der Waals surface area contributed by atoms with Gasteiger partial charge >= 0.3 is 0 Å². The minimum Gasteiger partial charge on any atom is -0.337 e. The molecular weight excluding hydrogens is 549 g/mol. The van der Waals surface area contributed by atoms with Crippen molar-refractivity contribution in [1.29, 1.82) is 0 Å². The lowest BCUT2D eigenvalue weighted by Gasteiger charge is -2.34. The fourth-order valence-corrected chi connectivity index (χ4v) is 8.38. The number of thiophene rings is 2. The summed E-state index contributed by atoms with van der Waals surface area (Å²) in [5.41, 5.74) is 2.58. The Hall–Kier alpha value is -1.95. The summed E-state index contributed by atoms with van der Waals surface area (Å²) in [6.45, 7) is 5.46. The van der Waals surface area contributed by atoms with Gasteiger partial charge < -0.3 is 15.1 Å². The Kier molecular flexibility index (Phi) is 7.30. The normalized spacial score (nSPS) is 18.4. The van der Waals surface area contributed by atoms with E-state index < -0.39 is 0 Å². The van der Waals surface area contributed by atoms with Gasteiger partial charge in [0, 0.05) is 28.8 Å². The summed E-state index contributed by atoms with van der Waals surface area (Å²) in [5, 5.41) is 6.51. The Labute approximate surface area is 233 Å². The van der Waals surface area contributed by atoms with E-state index in [9.17, 15) is 4.79 Å². The molecule has 0 aliphatic carbocycles. The van der Waals surface area contributed by atoms with Crippen LogP contribution in [0.4, 0.5) is 0 Å². The predicted octanol–water partition coefficient (Wildman–Crippen LogP) is 4.56. The van der Waals surface area contributed by atoms with Crippen molar-refractivity contribution >= 4 is 72.2 Å². The molecule has 1 N–H and O–H groups in total. The highest BCUT2D eigenvalue weighted by Gasteiger charge is 2.31. The number of carbonyl (C=O) groups excluding carboxylic acids is 1. The largest absolute Gasteiger partial charge is 0.337 e. The smallest absolute Gasteiger partial charge is 0.226 e. The molecule has 7 rings (SSSR count). The minimum absolute atomic E-state index is 0.186. The number of nitrogens with one attached hydrogen (secondary N) is 1. The molecule has 12 heteroatoms. The first-order valence-corrected chi connectivity index (χ1v) is 14.9. The lowest BCUT2D eigenvalue weighted by molar-refractivity contribution is -0.137. The third-order valence-corrected chi connectivity index (χ3v) is 10.3. The quantitative estimate of drug-likeness (QED) is 0.333. The first kappa shape index (κ1) is 25.3. The fourth-order valence-electron chi connectivity index (χ4n) is 5.41. The predicted molar refractivity (Wildman–Crippen MR) is 150 cm³/mol. The van der Waals surface area contributed by atoms with Crippen LogP contribution in [0.5, 0.6) is 0 Å². The van der Waals surface area contributed by atoms with Crippen LogP contribution in [0.2, 0.25) is 10.3 Å². The average molecular weight is 577 g/mol. The van der Waals surface area contributed by atoms with E-state index >= 15 is 0 Å². The van der Waals surface area contributed by atoms with Crippen molar-refractivity contribution in [3.05, 3.63) is 43.8 Å². The highest BCUT2D eigenvalue weighted by Crippen LogP contribution is 2.38. The maximum Gasteiger partial charge on any atom is 0.226 e. The summed E-state index contributed by atoms with van der Waals surface area (Å²) in [7, 11) is 2.12. The van der Waals surface area contributed by atoms with Crippen LogP contribution < -0.4 is 5.32 Å². The number of rotatable bonds is 1. The first-order valence-electron chi connectivity index (χ1n) is 12.5. The van der Waals surface area contributed by atoms with Gasteiger partial charge in [-0.1, -0.05) is 23.2 Å². The maximum absolute atomic E-state index is 12.8. The van der Waals surface area contributed by atoms with Crippen LogP contribution >= 0.6 is 45.9 Å². The van der Waals surface area contributed by atoms with Crippen LogP contribution in [-0.2, 0) is 30.7 Å². The molecule has 4 aromatic heterocycles. The Balaban J connectivity index is 0.000000153. The second-order valence-corrected chi connectivity index (χ2v) is 12.6. The van der Waals surface area contributed by atoms with Crippen LogP contribution in [0.1, 0.15) is 33.7 Å². The van der Waals surface area contributed by atoms with E-state index in [1.807, 2.05) is 4.90 Å². The topological polar surface area (TPSA) is 87.1 Å². The Morgan fingerprint density at radius 3 is 2.22 bits per heavy atom. The van der Waals surface area contributed by atoms with Gasteiger partial charge in [-0.25, -0.2) is 19.9 Å². The highest BCUT2D eigenvalue weighted by atomic mass is 35.5. The molecule has 8 nitrogen and oxygen atoms in total. The van der Waals surface area contributed by atoms with Crippen molar-refractivity contribution in [2.24, 2.45) is 5.92 Å². The summed E-state index contributed by atoms with van der Waals surface area (Å²) in [5.74, 6) is 0.504. The van der Waals surface area contributed by atoms with E-state index in [0.29, 0.717) is 22.8 Å². The van der Waals surface area contributed by atoms with Crippen LogP contribution in [0.25, 0.3) is 20.4 Å². The summed E-state index contributed by atoms with van der Waals surface area (Å²) < 4.78 is 0. The van der Waals surface area contributed by atoms with E-state index in [1.165, 1.54) is 33.5 Å². The van der Waals surface area contributed by atoms with Gasteiger partial charge in [0.25, 0.3) is 0 Å². The zero-order valence-electron chi connectivity index (χ0n) is 20.5. The van der Waals surface area contributed by atoms with Crippen LogP contribution in [-0.4, -0.2) is 68.9 Å². The maximum atomic E-state index is 12.8. The van der Waals surface area contributed by atoms with Crippen LogP contribution in [0.3, 0.4) is 0 Å². The van der Waals surface area contributed by atoms with Crippen molar-refractivity contribution in [2.75, 3.05) is 33.2 Å². The Morgan fingerprint density at radius 1 is 0.919 bits per heavy atom. The molecule has 0 bridgehead atoms. The fraction of sp³-hybridized carbons (Fsp3) is 0.480. The van der Waals surface area contributed by atoms with Crippen molar-refractivity contribution in [2.45, 2.75) is 38.8 Å². The standard InChI is InChI=1S/C16H19ClN4OS.C9H8ClN3S/c1-20-5-2-10(3-6-20)16(22)21-7-4-11-12(8-21)23-15-13(11)14(17)18-9-19-15;10-8-7-5-1-2-11-3-6(5)14-9(7)13-4-12-8/h9-10H,2-8H2,1H3;4,11H,1-3H2. The van der Waals surface area contributed by atoms with Gasteiger partial charge in [0.15, 0.2) is 0 Å². The number of piperidine rings is 1. The monoisotopic (exact) mass is 575 g/mol. The molecule has 3 aliphatic heterocycles. The number of likely N-dealkylation sites (tertiary alicyclic amines) is 1. The second-order valence-electron chi connectivity index (χ2n) is 9.71. The summed E-state index contributed by atoms with van der Waals surface area (Å²) in [6.07, 6.45) is 6.86. The van der Waals surface area contributed by atoms with Crippen molar-refractivity contribution in [1.82, 2.24) is 35.1 Å². The zero-order chi connectivity index (χ0) is 25.5. The van der Waals surface area contributed by atoms with E-state index in [1.54, 1.807) is 22.7 Å². The molecule has 3 aliphatic rings. The first-order chi connectivity index (χ1) is 18.0. The van der Waals surface area contributed by atoms with Crippen LogP contribution in [0.15, 0.2) is 12.7 Å². The van der Waals surface area contributed by atoms with E-state index in [4.69, 9.17) is 23.2 Å². The Bertz CT molecular complexity index is 1460. The number of fused-ring (bicyclic) bond motifs is 6. The number of nitrogens with zero attached hydrogens (tertiary/aromatic N) is 6. The minimum atomic E-state index is 0.186. The van der Waals surface area contributed by atoms with Gasteiger partial charge in [-0.2, -0.15) is 0 Å².